The topological polar surface area (TPSA) is 88.2 Å². The molecule has 0 bridgehead atoms. The molecule has 0 aliphatic carbocycles. The van der Waals surface area contributed by atoms with Crippen LogP contribution in [0.15, 0.2) is 18.2 Å². The summed E-state index contributed by atoms with van der Waals surface area (Å²) in [6.45, 7) is 4.29. The van der Waals surface area contributed by atoms with Gasteiger partial charge in [0, 0.05) is 18.8 Å². The number of hydrogen-bond donors (Lipinski definition) is 2. The SMILES string of the molecule is CCNc1cccc(C(=O)NC(C)CS(C)(=O)=O)n1. The zero-order valence-corrected chi connectivity index (χ0v) is 12.1. The van der Waals surface area contributed by atoms with Crippen molar-refractivity contribution in [1.82, 2.24) is 10.3 Å². The molecule has 0 fully saturated rings. The minimum atomic E-state index is -3.12. The van der Waals surface area contributed by atoms with Gasteiger partial charge in [0.15, 0.2) is 0 Å². The van der Waals surface area contributed by atoms with Crippen molar-refractivity contribution in [2.24, 2.45) is 0 Å². The molecule has 0 saturated carbocycles. The Balaban J connectivity index is 2.70. The molecule has 1 rings (SSSR count). The van der Waals surface area contributed by atoms with Crippen LogP contribution in [0.2, 0.25) is 0 Å². The lowest BCUT2D eigenvalue weighted by atomic mass is 10.3. The average Bonchev–Trinajstić information content (AvgIpc) is 2.27. The number of aromatic nitrogens is 1. The van der Waals surface area contributed by atoms with E-state index >= 15 is 0 Å². The van der Waals surface area contributed by atoms with Crippen molar-refractivity contribution in [3.05, 3.63) is 23.9 Å². The maximum absolute atomic E-state index is 11.9. The molecule has 1 heterocycles. The highest BCUT2D eigenvalue weighted by Gasteiger charge is 2.15. The molecule has 19 heavy (non-hydrogen) atoms. The number of pyridine rings is 1. The van der Waals surface area contributed by atoms with E-state index in [0.29, 0.717) is 12.4 Å². The van der Waals surface area contributed by atoms with E-state index in [9.17, 15) is 13.2 Å². The molecule has 0 spiro atoms. The van der Waals surface area contributed by atoms with Crippen molar-refractivity contribution in [2.75, 3.05) is 23.9 Å². The van der Waals surface area contributed by atoms with Crippen molar-refractivity contribution in [2.45, 2.75) is 19.9 Å². The average molecular weight is 285 g/mol. The Morgan fingerprint density at radius 3 is 2.68 bits per heavy atom. The molecule has 106 valence electrons. The third-order valence-electron chi connectivity index (χ3n) is 2.27. The highest BCUT2D eigenvalue weighted by molar-refractivity contribution is 7.90. The van der Waals surface area contributed by atoms with Gasteiger partial charge in [0.25, 0.3) is 5.91 Å². The molecular formula is C12H19N3O3S. The molecular weight excluding hydrogens is 266 g/mol. The number of anilines is 1. The van der Waals surface area contributed by atoms with Gasteiger partial charge in [0.05, 0.1) is 5.75 Å². The van der Waals surface area contributed by atoms with Gasteiger partial charge in [-0.3, -0.25) is 4.79 Å². The number of nitrogens with one attached hydrogen (secondary N) is 2. The van der Waals surface area contributed by atoms with Crippen LogP contribution in [0.25, 0.3) is 0 Å². The number of rotatable bonds is 6. The highest BCUT2D eigenvalue weighted by Crippen LogP contribution is 2.05. The maximum Gasteiger partial charge on any atom is 0.270 e. The van der Waals surface area contributed by atoms with Gasteiger partial charge in [-0.1, -0.05) is 6.07 Å². The predicted octanol–water partition coefficient (Wildman–Crippen LogP) is 0.676. The number of sulfone groups is 1. The van der Waals surface area contributed by atoms with Gasteiger partial charge in [-0.25, -0.2) is 13.4 Å². The second kappa shape index (κ2) is 6.51. The van der Waals surface area contributed by atoms with E-state index in [-0.39, 0.29) is 17.4 Å². The maximum atomic E-state index is 11.9. The Labute approximate surface area is 113 Å². The van der Waals surface area contributed by atoms with Gasteiger partial charge >= 0.3 is 0 Å². The summed E-state index contributed by atoms with van der Waals surface area (Å²) in [5.41, 5.74) is 0.263. The molecule has 2 N–H and O–H groups in total. The number of hydrogen-bond acceptors (Lipinski definition) is 5. The Morgan fingerprint density at radius 1 is 1.42 bits per heavy atom. The van der Waals surface area contributed by atoms with Gasteiger partial charge < -0.3 is 10.6 Å². The summed E-state index contributed by atoms with van der Waals surface area (Å²) >= 11 is 0. The van der Waals surface area contributed by atoms with E-state index in [2.05, 4.69) is 15.6 Å². The second-order valence-electron chi connectivity index (χ2n) is 4.41. The molecule has 1 atom stereocenters. The van der Waals surface area contributed by atoms with Crippen molar-refractivity contribution in [1.29, 1.82) is 0 Å². The van der Waals surface area contributed by atoms with Crippen LogP contribution in [0.3, 0.4) is 0 Å². The molecule has 0 aliphatic rings. The highest BCUT2D eigenvalue weighted by atomic mass is 32.2. The van der Waals surface area contributed by atoms with Crippen molar-refractivity contribution < 1.29 is 13.2 Å². The van der Waals surface area contributed by atoms with E-state index in [4.69, 9.17) is 0 Å². The summed E-state index contributed by atoms with van der Waals surface area (Å²) in [5, 5.41) is 5.62. The first-order valence-corrected chi connectivity index (χ1v) is 8.07. The summed E-state index contributed by atoms with van der Waals surface area (Å²) in [5.74, 6) is 0.146. The van der Waals surface area contributed by atoms with Gasteiger partial charge in [-0.2, -0.15) is 0 Å². The first-order valence-electron chi connectivity index (χ1n) is 6.01. The van der Waals surface area contributed by atoms with Crippen LogP contribution in [-0.2, 0) is 9.84 Å². The lowest BCUT2D eigenvalue weighted by molar-refractivity contribution is 0.0939. The summed E-state index contributed by atoms with van der Waals surface area (Å²) < 4.78 is 22.2. The third kappa shape index (κ3) is 5.69. The summed E-state index contributed by atoms with van der Waals surface area (Å²) in [6.07, 6.45) is 1.14. The first kappa shape index (κ1) is 15.4. The predicted molar refractivity (Wildman–Crippen MR) is 75.0 cm³/mol. The van der Waals surface area contributed by atoms with Gasteiger partial charge in [-0.05, 0) is 26.0 Å². The molecule has 7 heteroatoms. The summed E-state index contributed by atoms with van der Waals surface area (Å²) in [7, 11) is -3.12. The van der Waals surface area contributed by atoms with Crippen molar-refractivity contribution >= 4 is 21.6 Å². The van der Waals surface area contributed by atoms with Crippen molar-refractivity contribution in [3.8, 4) is 0 Å². The lowest BCUT2D eigenvalue weighted by Gasteiger charge is -2.12. The minimum absolute atomic E-state index is 0.0916. The Hall–Kier alpha value is -1.63. The molecule has 1 unspecified atom stereocenters. The van der Waals surface area contributed by atoms with Crippen LogP contribution in [0, 0.1) is 0 Å². The normalized spacial score (nSPS) is 12.8. The zero-order valence-electron chi connectivity index (χ0n) is 11.3. The van der Waals surface area contributed by atoms with Crippen LogP contribution < -0.4 is 10.6 Å². The molecule has 0 aromatic carbocycles. The second-order valence-corrected chi connectivity index (χ2v) is 6.59. The fourth-order valence-electron chi connectivity index (χ4n) is 1.63. The number of carbonyl (C=O) groups excluding carboxylic acids is 1. The quantitative estimate of drug-likeness (QED) is 0.802. The molecule has 0 saturated heterocycles. The van der Waals surface area contributed by atoms with Gasteiger partial charge in [-0.15, -0.1) is 0 Å². The molecule has 1 amide bonds. The van der Waals surface area contributed by atoms with E-state index < -0.39 is 15.9 Å². The molecule has 1 aromatic heterocycles. The molecule has 6 nitrogen and oxygen atoms in total. The summed E-state index contributed by atoms with van der Waals surface area (Å²) in [6, 6.07) is 4.62. The zero-order chi connectivity index (χ0) is 14.5. The molecule has 0 radical (unpaired) electrons. The van der Waals surface area contributed by atoms with Gasteiger partial charge in [0.1, 0.15) is 21.3 Å². The van der Waals surface area contributed by atoms with Crippen molar-refractivity contribution in [3.63, 3.8) is 0 Å². The van der Waals surface area contributed by atoms with Crippen LogP contribution in [0.1, 0.15) is 24.3 Å². The van der Waals surface area contributed by atoms with E-state index in [0.717, 1.165) is 6.26 Å². The number of nitrogens with zero attached hydrogens (tertiary/aromatic N) is 1. The number of amides is 1. The Morgan fingerprint density at radius 2 is 2.11 bits per heavy atom. The molecule has 1 aromatic rings. The minimum Gasteiger partial charge on any atom is -0.370 e. The molecule has 0 aliphatic heterocycles. The van der Waals surface area contributed by atoms with Crippen LogP contribution in [-0.4, -0.2) is 43.9 Å². The fraction of sp³-hybridized carbons (Fsp3) is 0.500. The van der Waals surface area contributed by atoms with Gasteiger partial charge in [0.2, 0.25) is 0 Å². The Bertz CT molecular complexity index is 543. The standard InChI is InChI=1S/C12H19N3O3S/c1-4-13-11-7-5-6-10(15-11)12(16)14-9(2)8-19(3,17)18/h5-7,9H,4,8H2,1-3H3,(H,13,15)(H,14,16). The number of carbonyl (C=O) groups is 1. The Kier molecular flexibility index (Phi) is 5.29. The third-order valence-corrected chi connectivity index (χ3v) is 3.38. The van der Waals surface area contributed by atoms with Crippen LogP contribution in [0.5, 0.6) is 0 Å². The monoisotopic (exact) mass is 285 g/mol. The van der Waals surface area contributed by atoms with Crippen LogP contribution in [0.4, 0.5) is 5.82 Å². The largest absolute Gasteiger partial charge is 0.370 e. The first-order chi connectivity index (χ1) is 8.81. The van der Waals surface area contributed by atoms with E-state index in [1.807, 2.05) is 6.92 Å². The lowest BCUT2D eigenvalue weighted by Crippen LogP contribution is -2.37. The van der Waals surface area contributed by atoms with E-state index in [1.165, 1.54) is 0 Å². The van der Waals surface area contributed by atoms with Crippen LogP contribution >= 0.6 is 0 Å². The van der Waals surface area contributed by atoms with E-state index in [1.54, 1.807) is 25.1 Å². The smallest absolute Gasteiger partial charge is 0.270 e. The summed E-state index contributed by atoms with van der Waals surface area (Å²) in [4.78, 5) is 16.0. The fourth-order valence-corrected chi connectivity index (χ4v) is 2.63.